The number of rotatable bonds is 5. The zero-order chi connectivity index (χ0) is 13.0. The van der Waals surface area contributed by atoms with Crippen molar-refractivity contribution in [1.82, 2.24) is 0 Å². The van der Waals surface area contributed by atoms with Gasteiger partial charge in [-0.05, 0) is 24.0 Å². The molecule has 2 rings (SSSR count). The monoisotopic (exact) mass is 304 g/mol. The summed E-state index contributed by atoms with van der Waals surface area (Å²) in [6.07, 6.45) is 6.35. The van der Waals surface area contributed by atoms with Crippen LogP contribution in [0.5, 0.6) is 0 Å². The highest BCUT2D eigenvalue weighted by molar-refractivity contribution is 6.32. The second-order valence-electron chi connectivity index (χ2n) is 5.38. The predicted octanol–water partition coefficient (Wildman–Crippen LogP) is 5.64. The molecule has 0 radical (unpaired) electrons. The summed E-state index contributed by atoms with van der Waals surface area (Å²) in [5, 5.41) is 0.789. The van der Waals surface area contributed by atoms with Gasteiger partial charge in [-0.2, -0.15) is 0 Å². The van der Waals surface area contributed by atoms with Gasteiger partial charge in [0.1, 0.15) is 0 Å². The van der Waals surface area contributed by atoms with Crippen LogP contribution < -0.4 is 0 Å². The number of benzene rings is 1. The summed E-state index contributed by atoms with van der Waals surface area (Å²) in [4.78, 5) is 0. The van der Waals surface area contributed by atoms with Crippen molar-refractivity contribution in [2.24, 2.45) is 5.92 Å². The highest BCUT2D eigenvalue weighted by Gasteiger charge is 2.35. The van der Waals surface area contributed by atoms with Crippen LogP contribution in [-0.4, -0.2) is 11.8 Å². The van der Waals surface area contributed by atoms with Crippen LogP contribution in [-0.2, 0) is 5.41 Å². The van der Waals surface area contributed by atoms with Crippen molar-refractivity contribution >= 4 is 34.8 Å². The summed E-state index contributed by atoms with van der Waals surface area (Å²) in [5.41, 5.74) is 0.944. The van der Waals surface area contributed by atoms with Crippen LogP contribution in [0.1, 0.15) is 37.7 Å². The molecule has 3 heteroatoms. The SMILES string of the molecule is ClCC(CCl)(CC1CCCC1)c1ccccc1Cl. The van der Waals surface area contributed by atoms with Gasteiger partial charge in [-0.1, -0.05) is 55.5 Å². The Labute approximate surface area is 125 Å². The highest BCUT2D eigenvalue weighted by Crippen LogP contribution is 2.42. The maximum absolute atomic E-state index is 6.33. The third-order valence-electron chi connectivity index (χ3n) is 4.11. The van der Waals surface area contributed by atoms with Crippen LogP contribution in [0.3, 0.4) is 0 Å². The molecule has 100 valence electrons. The normalized spacial score (nSPS) is 17.3. The summed E-state index contributed by atoms with van der Waals surface area (Å²) in [6, 6.07) is 7.97. The Kier molecular flexibility index (Phi) is 5.24. The minimum atomic E-state index is -0.170. The molecule has 1 fully saturated rings. The lowest BCUT2D eigenvalue weighted by atomic mass is 9.76. The topological polar surface area (TPSA) is 0 Å². The molecule has 0 nitrogen and oxygen atoms in total. The average molecular weight is 306 g/mol. The lowest BCUT2D eigenvalue weighted by molar-refractivity contribution is 0.372. The second-order valence-corrected chi connectivity index (χ2v) is 6.32. The van der Waals surface area contributed by atoms with Crippen molar-refractivity contribution in [1.29, 1.82) is 0 Å². The van der Waals surface area contributed by atoms with Gasteiger partial charge in [0.15, 0.2) is 0 Å². The fraction of sp³-hybridized carbons (Fsp3) is 0.600. The van der Waals surface area contributed by atoms with E-state index in [2.05, 4.69) is 6.07 Å². The Hall–Kier alpha value is 0.0900. The van der Waals surface area contributed by atoms with Crippen molar-refractivity contribution in [2.75, 3.05) is 11.8 Å². The van der Waals surface area contributed by atoms with E-state index in [1.165, 1.54) is 25.7 Å². The fourth-order valence-corrected chi connectivity index (χ4v) is 4.19. The number of hydrogen-bond acceptors (Lipinski definition) is 0. The Morgan fingerprint density at radius 3 is 2.22 bits per heavy atom. The second kappa shape index (κ2) is 6.50. The molecule has 1 aliphatic rings. The number of halogens is 3. The smallest absolute Gasteiger partial charge is 0.0444 e. The number of hydrogen-bond donors (Lipinski definition) is 0. The van der Waals surface area contributed by atoms with E-state index < -0.39 is 0 Å². The van der Waals surface area contributed by atoms with E-state index >= 15 is 0 Å². The maximum Gasteiger partial charge on any atom is 0.0444 e. The highest BCUT2D eigenvalue weighted by atomic mass is 35.5. The van der Waals surface area contributed by atoms with Crippen molar-refractivity contribution in [3.8, 4) is 0 Å². The van der Waals surface area contributed by atoms with Gasteiger partial charge in [0.05, 0.1) is 0 Å². The molecule has 0 unspecified atom stereocenters. The predicted molar refractivity (Wildman–Crippen MR) is 81.1 cm³/mol. The molecule has 1 aromatic rings. The molecule has 0 spiro atoms. The Bertz CT molecular complexity index is 379. The van der Waals surface area contributed by atoms with E-state index in [4.69, 9.17) is 34.8 Å². The molecule has 1 aliphatic carbocycles. The van der Waals surface area contributed by atoms with Gasteiger partial charge in [0.25, 0.3) is 0 Å². The molecule has 18 heavy (non-hydrogen) atoms. The van der Waals surface area contributed by atoms with E-state index in [1.807, 2.05) is 18.2 Å². The van der Waals surface area contributed by atoms with Gasteiger partial charge >= 0.3 is 0 Å². The van der Waals surface area contributed by atoms with E-state index in [0.29, 0.717) is 11.8 Å². The van der Waals surface area contributed by atoms with Gasteiger partial charge in [0.2, 0.25) is 0 Å². The standard InChI is InChI=1S/C15H19Cl3/c16-10-15(11-17,9-12-5-1-2-6-12)13-7-3-4-8-14(13)18/h3-4,7-8,12H,1-2,5-6,9-11H2. The molecular weight excluding hydrogens is 287 g/mol. The lowest BCUT2D eigenvalue weighted by Gasteiger charge is -2.33. The zero-order valence-corrected chi connectivity index (χ0v) is 12.7. The van der Waals surface area contributed by atoms with Crippen LogP contribution in [0.4, 0.5) is 0 Å². The molecule has 1 saturated carbocycles. The van der Waals surface area contributed by atoms with Gasteiger partial charge < -0.3 is 0 Å². The average Bonchev–Trinajstić information content (AvgIpc) is 2.90. The van der Waals surface area contributed by atoms with Crippen molar-refractivity contribution in [2.45, 2.75) is 37.5 Å². The number of alkyl halides is 2. The van der Waals surface area contributed by atoms with Gasteiger partial charge in [0, 0.05) is 22.2 Å². The van der Waals surface area contributed by atoms with Gasteiger partial charge in [-0.15, -0.1) is 23.2 Å². The zero-order valence-electron chi connectivity index (χ0n) is 10.5. The van der Waals surface area contributed by atoms with Gasteiger partial charge in [-0.25, -0.2) is 0 Å². The summed E-state index contributed by atoms with van der Waals surface area (Å²) in [5.74, 6) is 1.83. The van der Waals surface area contributed by atoms with Gasteiger partial charge in [-0.3, -0.25) is 0 Å². The van der Waals surface area contributed by atoms with Crippen molar-refractivity contribution < 1.29 is 0 Å². The Morgan fingerprint density at radius 2 is 1.67 bits per heavy atom. The van der Waals surface area contributed by atoms with E-state index in [0.717, 1.165) is 22.9 Å². The quantitative estimate of drug-likeness (QED) is 0.618. The Morgan fingerprint density at radius 1 is 1.06 bits per heavy atom. The lowest BCUT2D eigenvalue weighted by Crippen LogP contribution is -2.33. The molecule has 0 aliphatic heterocycles. The van der Waals surface area contributed by atoms with Crippen LogP contribution in [0.15, 0.2) is 24.3 Å². The first-order chi connectivity index (χ1) is 8.72. The molecule has 0 bridgehead atoms. The maximum atomic E-state index is 6.33. The molecule has 0 heterocycles. The molecule has 0 aromatic heterocycles. The first-order valence-corrected chi connectivity index (χ1v) is 8.03. The van der Waals surface area contributed by atoms with Crippen molar-refractivity contribution in [3.63, 3.8) is 0 Å². The summed E-state index contributed by atoms with van der Waals surface area (Å²) in [6.45, 7) is 0. The summed E-state index contributed by atoms with van der Waals surface area (Å²) < 4.78 is 0. The summed E-state index contributed by atoms with van der Waals surface area (Å²) in [7, 11) is 0. The molecule has 0 amide bonds. The molecular formula is C15H19Cl3. The minimum absolute atomic E-state index is 0.170. The van der Waals surface area contributed by atoms with E-state index in [1.54, 1.807) is 0 Å². The molecule has 0 N–H and O–H groups in total. The van der Waals surface area contributed by atoms with E-state index in [-0.39, 0.29) is 5.41 Å². The van der Waals surface area contributed by atoms with E-state index in [9.17, 15) is 0 Å². The first kappa shape index (κ1) is 14.5. The Balaban J connectivity index is 2.27. The fourth-order valence-electron chi connectivity index (χ4n) is 3.06. The molecule has 0 saturated heterocycles. The summed E-state index contributed by atoms with van der Waals surface area (Å²) >= 11 is 18.9. The largest absolute Gasteiger partial charge is 0.126 e. The van der Waals surface area contributed by atoms with Crippen LogP contribution in [0.25, 0.3) is 0 Å². The third kappa shape index (κ3) is 2.98. The molecule has 1 aromatic carbocycles. The van der Waals surface area contributed by atoms with Crippen LogP contribution >= 0.6 is 34.8 Å². The van der Waals surface area contributed by atoms with Crippen LogP contribution in [0.2, 0.25) is 5.02 Å². The minimum Gasteiger partial charge on any atom is -0.126 e. The third-order valence-corrected chi connectivity index (χ3v) is 5.46. The van der Waals surface area contributed by atoms with Crippen LogP contribution in [0, 0.1) is 5.92 Å². The van der Waals surface area contributed by atoms with Crippen molar-refractivity contribution in [3.05, 3.63) is 34.9 Å². The first-order valence-electron chi connectivity index (χ1n) is 6.59. The molecule has 0 atom stereocenters.